The quantitative estimate of drug-likeness (QED) is 0.889. The van der Waals surface area contributed by atoms with Crippen molar-refractivity contribution >= 4 is 0 Å². The van der Waals surface area contributed by atoms with E-state index in [0.29, 0.717) is 12.4 Å². The summed E-state index contributed by atoms with van der Waals surface area (Å²) in [5, 5.41) is 3.15. The molecule has 2 aromatic rings. The van der Waals surface area contributed by atoms with Crippen molar-refractivity contribution in [3.63, 3.8) is 0 Å². The number of nitrogens with one attached hydrogen (secondary N) is 1. The van der Waals surface area contributed by atoms with Crippen LogP contribution in [0.15, 0.2) is 36.9 Å². The lowest BCUT2D eigenvalue weighted by atomic mass is 10.1. The maximum atomic E-state index is 12.6. The van der Waals surface area contributed by atoms with Gasteiger partial charge in [0.25, 0.3) is 0 Å². The van der Waals surface area contributed by atoms with Crippen LogP contribution in [-0.4, -0.2) is 14.5 Å². The standard InChI is InChI=1S/C12H14F2N4/c1-9(10-2-4-15-5-3-10)17-8-11-16-6-7-18(11)12(13)14/h2-7,9,12,17H,8H2,1H3. The molecule has 0 radical (unpaired) electrons. The van der Waals surface area contributed by atoms with E-state index < -0.39 is 6.55 Å². The zero-order valence-electron chi connectivity index (χ0n) is 9.92. The minimum absolute atomic E-state index is 0.0517. The summed E-state index contributed by atoms with van der Waals surface area (Å²) in [6, 6.07) is 3.82. The molecular weight excluding hydrogens is 238 g/mol. The van der Waals surface area contributed by atoms with Crippen LogP contribution in [0.2, 0.25) is 0 Å². The summed E-state index contributed by atoms with van der Waals surface area (Å²) >= 11 is 0. The number of imidazole rings is 1. The van der Waals surface area contributed by atoms with Crippen LogP contribution < -0.4 is 5.32 Å². The molecule has 4 nitrogen and oxygen atoms in total. The molecule has 1 atom stereocenters. The van der Waals surface area contributed by atoms with Gasteiger partial charge in [-0.15, -0.1) is 0 Å². The van der Waals surface area contributed by atoms with Crippen LogP contribution in [0.5, 0.6) is 0 Å². The van der Waals surface area contributed by atoms with E-state index in [-0.39, 0.29) is 6.04 Å². The molecule has 0 aliphatic carbocycles. The number of aromatic nitrogens is 3. The van der Waals surface area contributed by atoms with Crippen molar-refractivity contribution in [2.45, 2.75) is 26.1 Å². The molecule has 1 unspecified atom stereocenters. The van der Waals surface area contributed by atoms with Gasteiger partial charge in [0.1, 0.15) is 5.82 Å². The Kier molecular flexibility index (Phi) is 3.99. The minimum Gasteiger partial charge on any atom is -0.303 e. The summed E-state index contributed by atoms with van der Waals surface area (Å²) in [6.45, 7) is -0.299. The Balaban J connectivity index is 1.97. The molecule has 0 bridgehead atoms. The molecule has 0 spiro atoms. The van der Waals surface area contributed by atoms with E-state index in [1.807, 2.05) is 19.1 Å². The van der Waals surface area contributed by atoms with Crippen LogP contribution >= 0.6 is 0 Å². The highest BCUT2D eigenvalue weighted by Crippen LogP contribution is 2.14. The summed E-state index contributed by atoms with van der Waals surface area (Å²) in [7, 11) is 0. The number of halogens is 2. The van der Waals surface area contributed by atoms with Crippen molar-refractivity contribution in [1.29, 1.82) is 0 Å². The SMILES string of the molecule is CC(NCc1nccn1C(F)F)c1ccncc1. The largest absolute Gasteiger partial charge is 0.319 e. The molecule has 6 heteroatoms. The number of rotatable bonds is 5. The zero-order valence-corrected chi connectivity index (χ0v) is 9.92. The fourth-order valence-electron chi connectivity index (χ4n) is 1.67. The number of hydrogen-bond donors (Lipinski definition) is 1. The first-order valence-electron chi connectivity index (χ1n) is 5.61. The van der Waals surface area contributed by atoms with Gasteiger partial charge in [0, 0.05) is 30.8 Å². The second kappa shape index (κ2) is 5.68. The summed E-state index contributed by atoms with van der Waals surface area (Å²) in [5.74, 6) is 0.325. The predicted octanol–water partition coefficient (Wildman–Crippen LogP) is 2.52. The van der Waals surface area contributed by atoms with E-state index in [4.69, 9.17) is 0 Å². The number of hydrogen-bond acceptors (Lipinski definition) is 3. The van der Waals surface area contributed by atoms with Gasteiger partial charge in [-0.3, -0.25) is 9.55 Å². The molecule has 1 N–H and O–H groups in total. The highest BCUT2D eigenvalue weighted by molar-refractivity contribution is 5.14. The van der Waals surface area contributed by atoms with E-state index in [9.17, 15) is 8.78 Å². The van der Waals surface area contributed by atoms with Gasteiger partial charge in [0.15, 0.2) is 0 Å². The van der Waals surface area contributed by atoms with Crippen LogP contribution in [0.4, 0.5) is 8.78 Å². The molecule has 0 aromatic carbocycles. The van der Waals surface area contributed by atoms with Crippen molar-refractivity contribution < 1.29 is 8.78 Å². The maximum Gasteiger partial charge on any atom is 0.319 e. The Bertz CT molecular complexity index is 484. The molecule has 0 amide bonds. The Morgan fingerprint density at radius 3 is 2.67 bits per heavy atom. The van der Waals surface area contributed by atoms with Gasteiger partial charge in [-0.1, -0.05) is 0 Å². The predicted molar refractivity (Wildman–Crippen MR) is 63.0 cm³/mol. The van der Waals surface area contributed by atoms with Crippen molar-refractivity contribution in [2.75, 3.05) is 0 Å². The second-order valence-electron chi connectivity index (χ2n) is 3.91. The van der Waals surface area contributed by atoms with Crippen LogP contribution in [0.1, 0.15) is 30.9 Å². The van der Waals surface area contributed by atoms with E-state index in [1.165, 1.54) is 12.4 Å². The minimum atomic E-state index is -2.56. The molecule has 2 heterocycles. The monoisotopic (exact) mass is 252 g/mol. The first-order chi connectivity index (χ1) is 8.68. The fraction of sp³-hybridized carbons (Fsp3) is 0.333. The maximum absolute atomic E-state index is 12.6. The van der Waals surface area contributed by atoms with Gasteiger partial charge in [0.05, 0.1) is 6.54 Å². The highest BCUT2D eigenvalue weighted by Gasteiger charge is 2.12. The molecule has 0 aliphatic heterocycles. The van der Waals surface area contributed by atoms with Gasteiger partial charge in [0.2, 0.25) is 0 Å². The van der Waals surface area contributed by atoms with Crippen LogP contribution in [0.25, 0.3) is 0 Å². The van der Waals surface area contributed by atoms with Gasteiger partial charge >= 0.3 is 6.55 Å². The fourth-order valence-corrected chi connectivity index (χ4v) is 1.67. The number of alkyl halides is 2. The van der Waals surface area contributed by atoms with Crippen LogP contribution in [-0.2, 0) is 6.54 Å². The normalized spacial score (nSPS) is 12.9. The molecule has 0 saturated heterocycles. The first-order valence-corrected chi connectivity index (χ1v) is 5.61. The molecule has 18 heavy (non-hydrogen) atoms. The van der Waals surface area contributed by atoms with E-state index in [0.717, 1.165) is 10.1 Å². The average molecular weight is 252 g/mol. The van der Waals surface area contributed by atoms with Crippen LogP contribution in [0, 0.1) is 0 Å². The Morgan fingerprint density at radius 2 is 2.00 bits per heavy atom. The smallest absolute Gasteiger partial charge is 0.303 e. The number of nitrogens with zero attached hydrogens (tertiary/aromatic N) is 3. The Hall–Kier alpha value is -1.82. The molecule has 0 fully saturated rings. The second-order valence-corrected chi connectivity index (χ2v) is 3.91. The molecule has 2 aromatic heterocycles. The summed E-state index contributed by atoms with van der Waals surface area (Å²) in [6.07, 6.45) is 6.06. The lowest BCUT2D eigenvalue weighted by Gasteiger charge is -2.14. The van der Waals surface area contributed by atoms with Crippen molar-refractivity contribution in [1.82, 2.24) is 19.9 Å². The van der Waals surface area contributed by atoms with Crippen molar-refractivity contribution in [3.05, 3.63) is 48.3 Å². The third-order valence-corrected chi connectivity index (χ3v) is 2.73. The summed E-state index contributed by atoms with van der Waals surface area (Å²) in [5.41, 5.74) is 1.06. The molecule has 2 rings (SSSR count). The molecule has 0 saturated carbocycles. The Labute approximate surface area is 104 Å². The summed E-state index contributed by atoms with van der Waals surface area (Å²) in [4.78, 5) is 7.84. The average Bonchev–Trinajstić information content (AvgIpc) is 2.85. The highest BCUT2D eigenvalue weighted by atomic mass is 19.3. The van der Waals surface area contributed by atoms with Gasteiger partial charge in [-0.25, -0.2) is 4.98 Å². The lowest BCUT2D eigenvalue weighted by molar-refractivity contribution is 0.0665. The molecular formula is C12H14F2N4. The third-order valence-electron chi connectivity index (χ3n) is 2.73. The van der Waals surface area contributed by atoms with E-state index in [1.54, 1.807) is 12.4 Å². The summed E-state index contributed by atoms with van der Waals surface area (Å²) < 4.78 is 26.0. The number of pyridine rings is 1. The molecule has 0 aliphatic rings. The van der Waals surface area contributed by atoms with Gasteiger partial charge < -0.3 is 5.32 Å². The van der Waals surface area contributed by atoms with Crippen molar-refractivity contribution in [2.24, 2.45) is 0 Å². The van der Waals surface area contributed by atoms with E-state index in [2.05, 4.69) is 15.3 Å². The third kappa shape index (κ3) is 2.89. The van der Waals surface area contributed by atoms with Crippen LogP contribution in [0.3, 0.4) is 0 Å². The first kappa shape index (κ1) is 12.6. The van der Waals surface area contributed by atoms with Gasteiger partial charge in [-0.2, -0.15) is 8.78 Å². The van der Waals surface area contributed by atoms with E-state index >= 15 is 0 Å². The Morgan fingerprint density at radius 1 is 1.28 bits per heavy atom. The topological polar surface area (TPSA) is 42.7 Å². The molecule has 96 valence electrons. The van der Waals surface area contributed by atoms with Gasteiger partial charge in [-0.05, 0) is 24.6 Å². The van der Waals surface area contributed by atoms with Crippen molar-refractivity contribution in [3.8, 4) is 0 Å². The lowest BCUT2D eigenvalue weighted by Crippen LogP contribution is -2.20. The zero-order chi connectivity index (χ0) is 13.0.